The van der Waals surface area contributed by atoms with Crippen LogP contribution >= 0.6 is 11.3 Å². The molecule has 2 aromatic heterocycles. The van der Waals surface area contributed by atoms with Crippen LogP contribution in [0.5, 0.6) is 0 Å². The number of amides is 1. The molecule has 0 aliphatic carbocycles. The molecule has 1 atom stereocenters. The Morgan fingerprint density at radius 1 is 1.12 bits per heavy atom. The van der Waals surface area contributed by atoms with Gasteiger partial charge in [0.25, 0.3) is 0 Å². The molecule has 7 heteroatoms. The molecule has 34 heavy (non-hydrogen) atoms. The third-order valence-electron chi connectivity index (χ3n) is 7.54. The minimum Gasteiger partial charge on any atom is -0.356 e. The smallest absolute Gasteiger partial charge is 0.219 e. The number of piperidine rings is 1. The number of rotatable bonds is 7. The molecule has 2 aliphatic heterocycles. The Balaban J connectivity index is 1.19. The lowest BCUT2D eigenvalue weighted by Crippen LogP contribution is -2.40. The molecule has 1 amide bonds. The lowest BCUT2D eigenvalue weighted by atomic mass is 9.95. The molecular weight excluding hydrogens is 442 g/mol. The molecule has 180 valence electrons. The Morgan fingerprint density at radius 3 is 2.68 bits per heavy atom. The summed E-state index contributed by atoms with van der Waals surface area (Å²) < 4.78 is 0. The number of carbonyl (C=O) groups is 1. The van der Waals surface area contributed by atoms with Crippen molar-refractivity contribution in [2.45, 2.75) is 45.1 Å². The monoisotopic (exact) mass is 477 g/mol. The molecule has 0 bridgehead atoms. The molecule has 0 N–H and O–H groups in total. The summed E-state index contributed by atoms with van der Waals surface area (Å²) in [5.41, 5.74) is 2.47. The molecule has 1 unspecified atom stereocenters. The number of thiophene rings is 1. The number of hydrogen-bond donors (Lipinski definition) is 0. The molecule has 2 saturated heterocycles. The summed E-state index contributed by atoms with van der Waals surface area (Å²) in [7, 11) is 2.24. The largest absolute Gasteiger partial charge is 0.356 e. The lowest BCUT2D eigenvalue weighted by molar-refractivity contribution is -0.129. The van der Waals surface area contributed by atoms with Crippen LogP contribution in [0.25, 0.3) is 21.3 Å². The van der Waals surface area contributed by atoms with Crippen molar-refractivity contribution in [2.24, 2.45) is 5.92 Å². The Hall–Kier alpha value is -2.51. The van der Waals surface area contributed by atoms with E-state index in [1.54, 1.807) is 24.6 Å². The van der Waals surface area contributed by atoms with Crippen LogP contribution in [-0.4, -0.2) is 71.5 Å². The third-order valence-corrected chi connectivity index (χ3v) is 8.43. The summed E-state index contributed by atoms with van der Waals surface area (Å²) in [5, 5.41) is 3.41. The predicted molar refractivity (Wildman–Crippen MR) is 140 cm³/mol. The van der Waals surface area contributed by atoms with Crippen LogP contribution in [0.4, 0.5) is 5.82 Å². The van der Waals surface area contributed by atoms with E-state index >= 15 is 0 Å². The van der Waals surface area contributed by atoms with E-state index in [2.05, 4.69) is 62.4 Å². The molecule has 2 aliphatic rings. The number of aromatic nitrogens is 2. The van der Waals surface area contributed by atoms with Crippen molar-refractivity contribution in [3.8, 4) is 11.1 Å². The second kappa shape index (κ2) is 10.4. The van der Waals surface area contributed by atoms with Gasteiger partial charge in [0.05, 0.1) is 5.39 Å². The highest BCUT2D eigenvalue weighted by Crippen LogP contribution is 2.38. The maximum atomic E-state index is 11.8. The number of hydrogen-bond acceptors (Lipinski definition) is 6. The first-order chi connectivity index (χ1) is 16.6. The van der Waals surface area contributed by atoms with Gasteiger partial charge in [0.2, 0.25) is 5.91 Å². The molecule has 4 heterocycles. The molecule has 3 aromatic rings. The maximum Gasteiger partial charge on any atom is 0.219 e. The summed E-state index contributed by atoms with van der Waals surface area (Å²) in [6.45, 7) is 6.92. The SMILES string of the molecule is CC(=O)N1CCCC1CCN(C)CC1CCN(c2ncnc3scc(-c4ccccc4)c23)CC1. The number of likely N-dealkylation sites (tertiary alicyclic amines) is 1. The quantitative estimate of drug-likeness (QED) is 0.484. The van der Waals surface area contributed by atoms with Crippen molar-refractivity contribution in [3.05, 3.63) is 42.0 Å². The summed E-state index contributed by atoms with van der Waals surface area (Å²) >= 11 is 1.70. The van der Waals surface area contributed by atoms with Gasteiger partial charge in [-0.2, -0.15) is 0 Å². The fourth-order valence-corrected chi connectivity index (χ4v) is 6.62. The van der Waals surface area contributed by atoms with Crippen LogP contribution < -0.4 is 4.90 Å². The van der Waals surface area contributed by atoms with Gasteiger partial charge in [-0.05, 0) is 57.2 Å². The highest BCUT2D eigenvalue weighted by atomic mass is 32.1. The predicted octanol–water partition coefficient (Wildman–Crippen LogP) is 4.91. The third kappa shape index (κ3) is 4.96. The number of anilines is 1. The molecule has 0 radical (unpaired) electrons. The fourth-order valence-electron chi connectivity index (χ4n) is 5.71. The van der Waals surface area contributed by atoms with E-state index in [-0.39, 0.29) is 5.91 Å². The van der Waals surface area contributed by atoms with Crippen molar-refractivity contribution in [2.75, 3.05) is 44.7 Å². The standard InChI is InChI=1S/C27H35N5OS/c1-20(33)32-13-6-9-23(32)12-14-30(2)17-21-10-15-31(16-11-21)26-25-24(22-7-4-3-5-8-22)18-34-27(25)29-19-28-26/h3-5,7-8,18-19,21,23H,6,9-17H2,1-2H3. The van der Waals surface area contributed by atoms with Gasteiger partial charge < -0.3 is 14.7 Å². The summed E-state index contributed by atoms with van der Waals surface area (Å²) in [5.74, 6) is 2.03. The van der Waals surface area contributed by atoms with E-state index in [1.165, 1.54) is 29.4 Å². The minimum absolute atomic E-state index is 0.234. The Bertz CT molecular complexity index is 1110. The molecular formula is C27H35N5OS. The van der Waals surface area contributed by atoms with Gasteiger partial charge >= 0.3 is 0 Å². The van der Waals surface area contributed by atoms with Gasteiger partial charge in [0.1, 0.15) is 17.0 Å². The zero-order valence-electron chi connectivity index (χ0n) is 20.3. The Kier molecular flexibility index (Phi) is 7.11. The van der Waals surface area contributed by atoms with Crippen LogP contribution in [0.15, 0.2) is 42.0 Å². The average Bonchev–Trinajstić information content (AvgIpc) is 3.51. The van der Waals surface area contributed by atoms with Crippen molar-refractivity contribution in [1.82, 2.24) is 19.8 Å². The zero-order valence-corrected chi connectivity index (χ0v) is 21.1. The Morgan fingerprint density at radius 2 is 1.91 bits per heavy atom. The van der Waals surface area contributed by atoms with Gasteiger partial charge in [0, 0.05) is 50.1 Å². The van der Waals surface area contributed by atoms with E-state index < -0.39 is 0 Å². The molecule has 1 aromatic carbocycles. The highest BCUT2D eigenvalue weighted by Gasteiger charge is 2.27. The van der Waals surface area contributed by atoms with Gasteiger partial charge in [-0.3, -0.25) is 4.79 Å². The van der Waals surface area contributed by atoms with Gasteiger partial charge in [-0.1, -0.05) is 30.3 Å². The van der Waals surface area contributed by atoms with Crippen molar-refractivity contribution < 1.29 is 4.79 Å². The van der Waals surface area contributed by atoms with E-state index in [0.717, 1.165) is 62.6 Å². The molecule has 5 rings (SSSR count). The second-order valence-corrected chi connectivity index (χ2v) is 10.7. The van der Waals surface area contributed by atoms with E-state index in [4.69, 9.17) is 4.98 Å². The van der Waals surface area contributed by atoms with Crippen molar-refractivity contribution >= 4 is 33.3 Å². The highest BCUT2D eigenvalue weighted by molar-refractivity contribution is 7.17. The van der Waals surface area contributed by atoms with Crippen LogP contribution in [0.2, 0.25) is 0 Å². The topological polar surface area (TPSA) is 52.6 Å². The second-order valence-electron chi connectivity index (χ2n) is 9.88. The molecule has 0 spiro atoms. The van der Waals surface area contributed by atoms with E-state index in [9.17, 15) is 4.79 Å². The van der Waals surface area contributed by atoms with Crippen LogP contribution in [0.1, 0.15) is 39.0 Å². The average molecular weight is 478 g/mol. The number of benzene rings is 1. The summed E-state index contributed by atoms with van der Waals surface area (Å²) in [6, 6.07) is 11.0. The Labute approximate surface area is 206 Å². The minimum atomic E-state index is 0.234. The van der Waals surface area contributed by atoms with Crippen molar-refractivity contribution in [1.29, 1.82) is 0 Å². The van der Waals surface area contributed by atoms with Gasteiger partial charge in [-0.15, -0.1) is 11.3 Å². The van der Waals surface area contributed by atoms with E-state index in [1.807, 2.05) is 0 Å². The number of fused-ring (bicyclic) bond motifs is 1. The normalized spacial score (nSPS) is 19.4. The summed E-state index contributed by atoms with van der Waals surface area (Å²) in [6.07, 6.45) is 7.49. The molecule has 2 fully saturated rings. The van der Waals surface area contributed by atoms with Crippen LogP contribution in [0.3, 0.4) is 0 Å². The number of nitrogens with zero attached hydrogens (tertiary/aromatic N) is 5. The maximum absolute atomic E-state index is 11.8. The lowest BCUT2D eigenvalue weighted by Gasteiger charge is -2.35. The van der Waals surface area contributed by atoms with Gasteiger partial charge in [-0.25, -0.2) is 9.97 Å². The van der Waals surface area contributed by atoms with Crippen LogP contribution in [0, 0.1) is 5.92 Å². The molecule has 6 nitrogen and oxygen atoms in total. The van der Waals surface area contributed by atoms with Gasteiger partial charge in [0.15, 0.2) is 0 Å². The first-order valence-electron chi connectivity index (χ1n) is 12.6. The van der Waals surface area contributed by atoms with Crippen LogP contribution in [-0.2, 0) is 4.79 Å². The first kappa shape index (κ1) is 23.2. The first-order valence-corrected chi connectivity index (χ1v) is 13.5. The number of carbonyl (C=O) groups excluding carboxylic acids is 1. The van der Waals surface area contributed by atoms with E-state index in [0.29, 0.717) is 12.0 Å². The van der Waals surface area contributed by atoms with Crippen molar-refractivity contribution in [3.63, 3.8) is 0 Å². The fraction of sp³-hybridized carbons (Fsp3) is 0.519. The summed E-state index contributed by atoms with van der Waals surface area (Å²) in [4.78, 5) is 29.2. The zero-order chi connectivity index (χ0) is 23.5. The molecule has 0 saturated carbocycles.